The summed E-state index contributed by atoms with van der Waals surface area (Å²) in [5, 5.41) is 11.9. The van der Waals surface area contributed by atoms with Crippen molar-refractivity contribution in [3.63, 3.8) is 0 Å². The monoisotopic (exact) mass is 431 g/mol. The van der Waals surface area contributed by atoms with Crippen LogP contribution in [0.3, 0.4) is 0 Å². The van der Waals surface area contributed by atoms with Gasteiger partial charge in [-0.3, -0.25) is 9.67 Å². The molecule has 0 saturated heterocycles. The van der Waals surface area contributed by atoms with E-state index in [4.69, 9.17) is 5.10 Å². The van der Waals surface area contributed by atoms with E-state index in [1.165, 1.54) is 30.5 Å². The van der Waals surface area contributed by atoms with E-state index in [0.717, 1.165) is 31.8 Å². The summed E-state index contributed by atoms with van der Waals surface area (Å²) in [6.07, 6.45) is 9.40. The zero-order valence-corrected chi connectivity index (χ0v) is 16.8. The van der Waals surface area contributed by atoms with Gasteiger partial charge in [0.2, 0.25) is 0 Å². The molecular formula is C17H30IN5. The van der Waals surface area contributed by atoms with Crippen molar-refractivity contribution in [1.29, 1.82) is 0 Å². The van der Waals surface area contributed by atoms with E-state index < -0.39 is 0 Å². The third-order valence-corrected chi connectivity index (χ3v) is 4.73. The minimum absolute atomic E-state index is 0. The first-order chi connectivity index (χ1) is 10.7. The van der Waals surface area contributed by atoms with E-state index in [0.29, 0.717) is 18.1 Å². The van der Waals surface area contributed by atoms with E-state index in [1.54, 1.807) is 0 Å². The maximum Gasteiger partial charge on any atom is 0.191 e. The van der Waals surface area contributed by atoms with Gasteiger partial charge in [0.15, 0.2) is 5.96 Å². The SMILES string of the molecule is CCN=C(NC1CCC1)NC1CCc2cn(C(C)C)nc2C1.I. The lowest BCUT2D eigenvalue weighted by molar-refractivity contribution is 0.376. The van der Waals surface area contributed by atoms with Crippen molar-refractivity contribution in [2.24, 2.45) is 4.99 Å². The normalized spacial score (nSPS) is 21.4. The number of hydrogen-bond acceptors (Lipinski definition) is 2. The summed E-state index contributed by atoms with van der Waals surface area (Å²) in [5.74, 6) is 0.990. The van der Waals surface area contributed by atoms with Gasteiger partial charge in [-0.1, -0.05) is 0 Å². The maximum atomic E-state index is 4.76. The molecule has 2 aliphatic rings. The Hall–Kier alpha value is -0.790. The van der Waals surface area contributed by atoms with Gasteiger partial charge in [0.05, 0.1) is 5.69 Å². The molecule has 1 atom stereocenters. The van der Waals surface area contributed by atoms with Gasteiger partial charge in [0.1, 0.15) is 0 Å². The van der Waals surface area contributed by atoms with Crippen LogP contribution in [0.2, 0.25) is 0 Å². The van der Waals surface area contributed by atoms with Crippen molar-refractivity contribution in [3.05, 3.63) is 17.5 Å². The smallest absolute Gasteiger partial charge is 0.191 e. The summed E-state index contributed by atoms with van der Waals surface area (Å²) in [6.45, 7) is 7.28. The van der Waals surface area contributed by atoms with Crippen molar-refractivity contribution < 1.29 is 0 Å². The second-order valence-electron chi connectivity index (χ2n) is 6.85. The van der Waals surface area contributed by atoms with Crippen LogP contribution in [0.15, 0.2) is 11.2 Å². The van der Waals surface area contributed by atoms with Gasteiger partial charge < -0.3 is 10.6 Å². The summed E-state index contributed by atoms with van der Waals surface area (Å²) in [6, 6.07) is 1.51. The van der Waals surface area contributed by atoms with E-state index in [-0.39, 0.29) is 24.0 Å². The van der Waals surface area contributed by atoms with Gasteiger partial charge in [-0.15, -0.1) is 24.0 Å². The van der Waals surface area contributed by atoms with Gasteiger partial charge in [-0.05, 0) is 58.4 Å². The van der Waals surface area contributed by atoms with Crippen molar-refractivity contribution in [1.82, 2.24) is 20.4 Å². The predicted octanol–water partition coefficient (Wildman–Crippen LogP) is 3.05. The Morgan fingerprint density at radius 1 is 1.30 bits per heavy atom. The van der Waals surface area contributed by atoms with Crippen LogP contribution >= 0.6 is 24.0 Å². The summed E-state index contributed by atoms with van der Waals surface area (Å²) in [4.78, 5) is 4.60. The van der Waals surface area contributed by atoms with Crippen molar-refractivity contribution in [2.45, 2.75) is 77.4 Å². The molecule has 0 aliphatic heterocycles. The Morgan fingerprint density at radius 3 is 2.65 bits per heavy atom. The summed E-state index contributed by atoms with van der Waals surface area (Å²) in [7, 11) is 0. The van der Waals surface area contributed by atoms with Crippen LogP contribution in [0, 0.1) is 0 Å². The summed E-state index contributed by atoms with van der Waals surface area (Å²) >= 11 is 0. The van der Waals surface area contributed by atoms with E-state index in [1.807, 2.05) is 0 Å². The molecule has 0 aromatic carbocycles. The van der Waals surface area contributed by atoms with E-state index >= 15 is 0 Å². The van der Waals surface area contributed by atoms with Gasteiger partial charge in [0.25, 0.3) is 0 Å². The first-order valence-electron chi connectivity index (χ1n) is 8.80. The molecule has 1 saturated carbocycles. The number of aryl methyl sites for hydroxylation is 1. The lowest BCUT2D eigenvalue weighted by Gasteiger charge is -2.31. The fraction of sp³-hybridized carbons (Fsp3) is 0.765. The average Bonchev–Trinajstić information content (AvgIpc) is 2.86. The standard InChI is InChI=1S/C17H29N5.HI/c1-4-18-17(19-14-6-5-7-14)20-15-9-8-13-11-22(12(2)3)21-16(13)10-15;/h11-12,14-15H,4-10H2,1-3H3,(H2,18,19,20);1H. The molecule has 0 bridgehead atoms. The lowest BCUT2D eigenvalue weighted by Crippen LogP contribution is -2.50. The molecule has 2 N–H and O–H groups in total. The van der Waals surface area contributed by atoms with Crippen molar-refractivity contribution in [2.75, 3.05) is 6.54 Å². The van der Waals surface area contributed by atoms with Crippen LogP contribution in [0.1, 0.15) is 63.8 Å². The number of nitrogens with one attached hydrogen (secondary N) is 2. The number of aromatic nitrogens is 2. The molecule has 130 valence electrons. The van der Waals surface area contributed by atoms with Crippen LogP contribution in [0.4, 0.5) is 0 Å². The quantitative estimate of drug-likeness (QED) is 0.438. The maximum absolute atomic E-state index is 4.76. The highest BCUT2D eigenvalue weighted by Gasteiger charge is 2.24. The average molecular weight is 431 g/mol. The van der Waals surface area contributed by atoms with Crippen LogP contribution < -0.4 is 10.6 Å². The Morgan fingerprint density at radius 2 is 2.04 bits per heavy atom. The Kier molecular flexibility index (Phi) is 6.73. The Bertz CT molecular complexity index is 533. The van der Waals surface area contributed by atoms with Crippen LogP contribution in [-0.4, -0.2) is 34.4 Å². The van der Waals surface area contributed by atoms with E-state index in [9.17, 15) is 0 Å². The molecule has 1 heterocycles. The van der Waals surface area contributed by atoms with Gasteiger partial charge in [0, 0.05) is 37.3 Å². The van der Waals surface area contributed by atoms with Gasteiger partial charge in [-0.2, -0.15) is 5.10 Å². The fourth-order valence-electron chi connectivity index (χ4n) is 3.13. The molecule has 1 aromatic heterocycles. The largest absolute Gasteiger partial charge is 0.354 e. The Labute approximate surface area is 156 Å². The van der Waals surface area contributed by atoms with Crippen LogP contribution in [-0.2, 0) is 12.8 Å². The fourth-order valence-corrected chi connectivity index (χ4v) is 3.13. The second kappa shape index (κ2) is 8.35. The minimum Gasteiger partial charge on any atom is -0.354 e. The summed E-state index contributed by atoms with van der Waals surface area (Å²) < 4.78 is 2.10. The molecule has 0 radical (unpaired) electrons. The minimum atomic E-state index is 0. The van der Waals surface area contributed by atoms with Crippen LogP contribution in [0.5, 0.6) is 0 Å². The van der Waals surface area contributed by atoms with Crippen LogP contribution in [0.25, 0.3) is 0 Å². The predicted molar refractivity (Wildman–Crippen MR) is 106 cm³/mol. The zero-order chi connectivity index (χ0) is 15.5. The third kappa shape index (κ3) is 4.61. The summed E-state index contributed by atoms with van der Waals surface area (Å²) in [5.41, 5.74) is 2.68. The molecule has 1 fully saturated rings. The third-order valence-electron chi connectivity index (χ3n) is 4.73. The lowest BCUT2D eigenvalue weighted by atomic mass is 9.93. The number of rotatable bonds is 4. The van der Waals surface area contributed by atoms with Crippen molar-refractivity contribution in [3.8, 4) is 0 Å². The van der Waals surface area contributed by atoms with Gasteiger partial charge in [-0.25, -0.2) is 0 Å². The zero-order valence-electron chi connectivity index (χ0n) is 14.5. The number of hydrogen-bond donors (Lipinski definition) is 2. The number of aliphatic imine (C=N–C) groups is 1. The number of halogens is 1. The Balaban J connectivity index is 0.00000192. The molecule has 0 spiro atoms. The number of guanidine groups is 1. The first-order valence-corrected chi connectivity index (χ1v) is 8.80. The number of fused-ring (bicyclic) bond motifs is 1. The highest BCUT2D eigenvalue weighted by molar-refractivity contribution is 14.0. The van der Waals surface area contributed by atoms with Gasteiger partial charge >= 0.3 is 0 Å². The topological polar surface area (TPSA) is 54.2 Å². The molecule has 1 aromatic rings. The molecule has 6 heteroatoms. The molecule has 1 unspecified atom stereocenters. The molecule has 5 nitrogen and oxygen atoms in total. The molecular weight excluding hydrogens is 401 g/mol. The molecule has 2 aliphatic carbocycles. The first kappa shape index (κ1) is 18.5. The molecule has 3 rings (SSSR count). The molecule has 0 amide bonds. The highest BCUT2D eigenvalue weighted by atomic mass is 127. The van der Waals surface area contributed by atoms with Crippen molar-refractivity contribution >= 4 is 29.9 Å². The number of nitrogens with zero attached hydrogens (tertiary/aromatic N) is 3. The second-order valence-corrected chi connectivity index (χ2v) is 6.85. The van der Waals surface area contributed by atoms with E-state index in [2.05, 4.69) is 47.3 Å². The molecule has 23 heavy (non-hydrogen) atoms. The highest BCUT2D eigenvalue weighted by Crippen LogP contribution is 2.22.